The van der Waals surface area contributed by atoms with Crippen LogP contribution < -0.4 is 4.89 Å². The second-order valence-corrected chi connectivity index (χ2v) is 17.7. The number of unbranched alkanes of at least 4 members (excludes halogenated alkanes) is 26. The van der Waals surface area contributed by atoms with Crippen molar-refractivity contribution in [2.75, 3.05) is 40.9 Å². The van der Waals surface area contributed by atoms with Crippen LogP contribution in [0, 0.1) is 0 Å². The van der Waals surface area contributed by atoms with E-state index in [0.29, 0.717) is 23.9 Å². The van der Waals surface area contributed by atoms with Crippen molar-refractivity contribution in [2.24, 2.45) is 0 Å². The number of carbonyl (C=O) groups is 2. The van der Waals surface area contributed by atoms with Crippen LogP contribution in [0.2, 0.25) is 0 Å². The molecule has 2 N–H and O–H groups in total. The molecule has 0 aromatic rings. The Bertz CT molecular complexity index is 865. The van der Waals surface area contributed by atoms with Crippen LogP contribution in [0.5, 0.6) is 0 Å². The number of hydrogen-bond donors (Lipinski definition) is 2. The van der Waals surface area contributed by atoms with Crippen LogP contribution in [0.25, 0.3) is 0 Å². The summed E-state index contributed by atoms with van der Waals surface area (Å²) in [6, 6.07) is 0. The molecule has 0 heterocycles. The molecule has 0 bridgehead atoms. The van der Waals surface area contributed by atoms with E-state index in [4.69, 9.17) is 9.05 Å². The lowest BCUT2D eigenvalue weighted by molar-refractivity contribution is -0.870. The first-order chi connectivity index (χ1) is 24.9. The van der Waals surface area contributed by atoms with Crippen molar-refractivity contribution in [1.82, 2.24) is 0 Å². The lowest BCUT2D eigenvalue weighted by Crippen LogP contribution is -2.59. The molecular formula is C42H84NO8P. The minimum atomic E-state index is -5.19. The molecule has 9 nitrogen and oxygen atoms in total. The number of hydrogen-bond acceptors (Lipinski definition) is 8. The van der Waals surface area contributed by atoms with Crippen molar-refractivity contribution in [1.29, 1.82) is 0 Å². The number of quaternary nitrogens is 1. The molecule has 0 radical (unpaired) electrons. The number of Topliss-reactive ketones (excluding diaryl/α,β-unsaturated/α-hetero) is 2. The normalized spacial score (nSPS) is 14.1. The number of ketones is 2. The van der Waals surface area contributed by atoms with Gasteiger partial charge >= 0.3 is 0 Å². The second-order valence-electron chi connectivity index (χ2n) is 16.4. The Labute approximate surface area is 320 Å². The number of rotatable bonds is 40. The Morgan fingerprint density at radius 3 is 1.15 bits per heavy atom. The standard InChI is InChI=1S/C42H84NO8P/c1-6-8-10-12-14-16-18-20-22-24-26-28-30-32-34-39(45)42(41(47)38-44,51-52(48,49)50-37-36-43(3,4)5)40(46)35-33-31-29-27-25-23-21-19-17-15-13-11-9-7-2/h41,44,47H,6-38H2,1-5H3/t41-/m0/s1. The van der Waals surface area contributed by atoms with Crippen molar-refractivity contribution in [3.8, 4) is 0 Å². The molecule has 2 atom stereocenters. The van der Waals surface area contributed by atoms with E-state index in [9.17, 15) is 29.3 Å². The van der Waals surface area contributed by atoms with E-state index in [0.717, 1.165) is 51.4 Å². The van der Waals surface area contributed by atoms with Crippen molar-refractivity contribution in [2.45, 2.75) is 218 Å². The number of likely N-dealkylation sites (N-methyl/N-ethyl adjacent to an activating group) is 1. The summed E-state index contributed by atoms with van der Waals surface area (Å²) < 4.78 is 23.9. The van der Waals surface area contributed by atoms with E-state index in [1.165, 1.54) is 116 Å². The van der Waals surface area contributed by atoms with Gasteiger partial charge in [0.25, 0.3) is 7.82 Å². The van der Waals surface area contributed by atoms with Gasteiger partial charge in [-0.15, -0.1) is 0 Å². The van der Waals surface area contributed by atoms with Crippen molar-refractivity contribution >= 4 is 19.4 Å². The number of nitrogens with zero attached hydrogens (tertiary/aromatic N) is 1. The van der Waals surface area contributed by atoms with Crippen LogP contribution in [0.15, 0.2) is 0 Å². The summed E-state index contributed by atoms with van der Waals surface area (Å²) in [4.78, 5) is 40.5. The van der Waals surface area contributed by atoms with Crippen LogP contribution in [0.3, 0.4) is 0 Å². The van der Waals surface area contributed by atoms with Gasteiger partial charge in [-0.3, -0.25) is 18.7 Å². The zero-order valence-corrected chi connectivity index (χ0v) is 35.5. The molecule has 0 fully saturated rings. The number of phosphoric ester groups is 1. The van der Waals surface area contributed by atoms with E-state index in [2.05, 4.69) is 13.8 Å². The molecule has 0 aromatic heterocycles. The minimum Gasteiger partial charge on any atom is -0.756 e. The van der Waals surface area contributed by atoms with Crippen molar-refractivity contribution in [3.05, 3.63) is 0 Å². The smallest absolute Gasteiger partial charge is 0.269 e. The topological polar surface area (TPSA) is 133 Å². The average Bonchev–Trinajstić information content (AvgIpc) is 3.09. The molecule has 0 rings (SSSR count). The fourth-order valence-corrected chi connectivity index (χ4v) is 7.82. The van der Waals surface area contributed by atoms with Gasteiger partial charge in [-0.2, -0.15) is 0 Å². The summed E-state index contributed by atoms with van der Waals surface area (Å²) in [6.45, 7) is 3.61. The van der Waals surface area contributed by atoms with E-state index in [1.807, 2.05) is 21.1 Å². The summed E-state index contributed by atoms with van der Waals surface area (Å²) in [7, 11) is 0.430. The molecule has 0 aliphatic rings. The first kappa shape index (κ1) is 51.3. The molecular weight excluding hydrogens is 677 g/mol. The molecule has 310 valence electrons. The molecule has 0 aliphatic carbocycles. The largest absolute Gasteiger partial charge is 0.756 e. The predicted molar refractivity (Wildman–Crippen MR) is 213 cm³/mol. The van der Waals surface area contributed by atoms with Crippen molar-refractivity contribution in [3.63, 3.8) is 0 Å². The van der Waals surface area contributed by atoms with Gasteiger partial charge in [-0.1, -0.05) is 181 Å². The van der Waals surface area contributed by atoms with Gasteiger partial charge in [0.15, 0.2) is 11.6 Å². The number of aliphatic hydroxyl groups excluding tert-OH is 2. The lowest BCUT2D eigenvalue weighted by Gasteiger charge is -2.39. The fourth-order valence-electron chi connectivity index (χ4n) is 6.78. The minimum absolute atomic E-state index is 0.127. The SMILES string of the molecule is CCCCCCCCCCCCCCCCC(=O)C(OP(=O)([O-])OCC[N+](C)(C)C)(C(=O)CCCCCCCCCCCCCCCC)[C@@H](O)CO. The molecule has 0 aromatic carbocycles. The molecule has 0 amide bonds. The Kier molecular flexibility index (Phi) is 32.1. The second kappa shape index (κ2) is 32.6. The molecule has 0 saturated heterocycles. The van der Waals surface area contributed by atoms with Crippen LogP contribution in [0.4, 0.5) is 0 Å². The molecule has 1 unspecified atom stereocenters. The Balaban J connectivity index is 4.98. The van der Waals surface area contributed by atoms with E-state index in [1.54, 1.807) is 0 Å². The van der Waals surface area contributed by atoms with E-state index in [-0.39, 0.29) is 19.4 Å². The summed E-state index contributed by atoms with van der Waals surface area (Å²) >= 11 is 0. The number of aliphatic hydroxyl groups is 2. The van der Waals surface area contributed by atoms with Gasteiger partial charge < -0.3 is 24.1 Å². The maximum absolute atomic E-state index is 13.7. The summed E-state index contributed by atoms with van der Waals surface area (Å²) in [5.41, 5.74) is -2.71. The highest BCUT2D eigenvalue weighted by Crippen LogP contribution is 2.46. The van der Waals surface area contributed by atoms with Gasteiger partial charge in [0.05, 0.1) is 27.7 Å². The number of phosphoric acid groups is 1. The maximum atomic E-state index is 13.7. The molecule has 0 saturated carbocycles. The average molecular weight is 762 g/mol. The van der Waals surface area contributed by atoms with Crippen LogP contribution in [0.1, 0.15) is 206 Å². The maximum Gasteiger partial charge on any atom is 0.269 e. The third kappa shape index (κ3) is 27.0. The van der Waals surface area contributed by atoms with Crippen molar-refractivity contribution < 1.29 is 42.8 Å². The van der Waals surface area contributed by atoms with Crippen LogP contribution >= 0.6 is 7.82 Å². The van der Waals surface area contributed by atoms with Gasteiger partial charge in [0, 0.05) is 12.8 Å². The van der Waals surface area contributed by atoms with Crippen LogP contribution in [-0.4, -0.2) is 78.9 Å². The van der Waals surface area contributed by atoms with Crippen LogP contribution in [-0.2, 0) is 23.2 Å². The third-order valence-electron chi connectivity index (χ3n) is 10.3. The third-order valence-corrected chi connectivity index (χ3v) is 11.3. The van der Waals surface area contributed by atoms with Gasteiger partial charge in [-0.05, 0) is 12.8 Å². The van der Waals surface area contributed by atoms with E-state index >= 15 is 0 Å². The quantitative estimate of drug-likeness (QED) is 0.0273. The highest BCUT2D eigenvalue weighted by atomic mass is 31.2. The summed E-state index contributed by atoms with van der Waals surface area (Å²) in [6.07, 6.45) is 29.7. The van der Waals surface area contributed by atoms with Gasteiger partial charge in [0.1, 0.15) is 19.3 Å². The fraction of sp³-hybridized carbons (Fsp3) is 0.952. The van der Waals surface area contributed by atoms with E-state index < -0.39 is 37.7 Å². The Morgan fingerprint density at radius 1 is 0.596 bits per heavy atom. The first-order valence-corrected chi connectivity index (χ1v) is 23.1. The van der Waals surface area contributed by atoms with Gasteiger partial charge in [0.2, 0.25) is 5.60 Å². The zero-order chi connectivity index (χ0) is 39.0. The number of carbonyl (C=O) groups excluding carboxylic acids is 2. The Morgan fingerprint density at radius 2 is 0.885 bits per heavy atom. The molecule has 0 aliphatic heterocycles. The summed E-state index contributed by atoms with van der Waals surface area (Å²) in [5, 5.41) is 20.9. The molecule has 52 heavy (non-hydrogen) atoms. The predicted octanol–water partition coefficient (Wildman–Crippen LogP) is 10.2. The monoisotopic (exact) mass is 762 g/mol. The zero-order valence-electron chi connectivity index (χ0n) is 34.7. The Hall–Kier alpha value is -0.670. The van der Waals surface area contributed by atoms with Gasteiger partial charge in [-0.25, -0.2) is 0 Å². The highest BCUT2D eigenvalue weighted by molar-refractivity contribution is 7.46. The summed E-state index contributed by atoms with van der Waals surface area (Å²) in [5.74, 6) is -1.62. The highest BCUT2D eigenvalue weighted by Gasteiger charge is 2.53. The molecule has 10 heteroatoms. The molecule has 0 spiro atoms. The lowest BCUT2D eigenvalue weighted by atomic mass is 9.82. The first-order valence-electron chi connectivity index (χ1n) is 21.7.